The average Bonchev–Trinajstić information content (AvgIpc) is 3.03. The Hall–Kier alpha value is -1.19. The van der Waals surface area contributed by atoms with E-state index in [1.54, 1.807) is 6.33 Å². The highest BCUT2D eigenvalue weighted by Gasteiger charge is 2.32. The molecule has 88 valence electrons. The molecule has 0 saturated heterocycles. The summed E-state index contributed by atoms with van der Waals surface area (Å²) in [4.78, 5) is 16.1. The normalized spacial score (nSPS) is 17.4. The first-order valence-electron chi connectivity index (χ1n) is 6.11. The Morgan fingerprint density at radius 1 is 1.62 bits per heavy atom. The van der Waals surface area contributed by atoms with Crippen molar-refractivity contribution in [2.45, 2.75) is 46.1 Å². The third-order valence-corrected chi connectivity index (χ3v) is 3.30. The Kier molecular flexibility index (Phi) is 3.36. The van der Waals surface area contributed by atoms with Gasteiger partial charge in [0, 0.05) is 12.5 Å². The fraction of sp³-hybridized carbons (Fsp3) is 0.750. The van der Waals surface area contributed by atoms with E-state index in [1.807, 2.05) is 11.6 Å². The molecule has 0 bridgehead atoms. The van der Waals surface area contributed by atoms with Crippen molar-refractivity contribution >= 4 is 5.78 Å². The minimum atomic E-state index is 0.201. The number of nitrogens with zero attached hydrogens (tertiary/aromatic N) is 3. The zero-order valence-electron chi connectivity index (χ0n) is 10.0. The van der Waals surface area contributed by atoms with Gasteiger partial charge in [-0.05, 0) is 25.2 Å². The molecule has 0 spiro atoms. The van der Waals surface area contributed by atoms with Crippen LogP contribution in [-0.2, 0) is 17.8 Å². The molecule has 1 aromatic heterocycles. The van der Waals surface area contributed by atoms with Crippen LogP contribution in [0.5, 0.6) is 0 Å². The summed E-state index contributed by atoms with van der Waals surface area (Å²) < 4.78 is 1.84. The third-order valence-electron chi connectivity index (χ3n) is 3.30. The fourth-order valence-corrected chi connectivity index (χ4v) is 2.00. The van der Waals surface area contributed by atoms with Crippen molar-refractivity contribution in [3.05, 3.63) is 12.2 Å². The van der Waals surface area contributed by atoms with Gasteiger partial charge in [-0.25, -0.2) is 9.67 Å². The molecule has 1 heterocycles. The Balaban J connectivity index is 1.96. The number of hydrogen-bond acceptors (Lipinski definition) is 3. The van der Waals surface area contributed by atoms with E-state index in [0.29, 0.717) is 18.1 Å². The lowest BCUT2D eigenvalue weighted by Crippen LogP contribution is -2.18. The number of Topliss-reactive ketones (excluding diaryl/α,β-unsaturated/α-hetero) is 1. The Labute approximate surface area is 96.1 Å². The summed E-state index contributed by atoms with van der Waals surface area (Å²) in [5, 5.41) is 4.13. The van der Waals surface area contributed by atoms with Gasteiger partial charge in [-0.2, -0.15) is 5.10 Å². The van der Waals surface area contributed by atoms with Crippen LogP contribution in [0.3, 0.4) is 0 Å². The highest BCUT2D eigenvalue weighted by molar-refractivity contribution is 5.82. The largest absolute Gasteiger partial charge is 0.299 e. The van der Waals surface area contributed by atoms with Crippen molar-refractivity contribution in [3.63, 3.8) is 0 Å². The van der Waals surface area contributed by atoms with Crippen LogP contribution in [0.25, 0.3) is 0 Å². The number of aromatic nitrogens is 3. The molecule has 0 aromatic carbocycles. The molecule has 1 aliphatic carbocycles. The van der Waals surface area contributed by atoms with Crippen LogP contribution in [0.15, 0.2) is 6.33 Å². The summed E-state index contributed by atoms with van der Waals surface area (Å²) in [6.45, 7) is 4.99. The van der Waals surface area contributed by atoms with Gasteiger partial charge in [0.1, 0.15) is 17.9 Å². The second-order valence-electron chi connectivity index (χ2n) is 4.67. The van der Waals surface area contributed by atoms with Gasteiger partial charge in [-0.15, -0.1) is 0 Å². The summed E-state index contributed by atoms with van der Waals surface area (Å²) in [6, 6.07) is 0. The Morgan fingerprint density at radius 2 is 2.38 bits per heavy atom. The summed E-state index contributed by atoms with van der Waals surface area (Å²) in [5.74, 6) is 1.97. The van der Waals surface area contributed by atoms with E-state index < -0.39 is 0 Å². The minimum absolute atomic E-state index is 0.201. The first-order valence-corrected chi connectivity index (χ1v) is 6.11. The summed E-state index contributed by atoms with van der Waals surface area (Å²) in [5.41, 5.74) is 0. The quantitative estimate of drug-likeness (QED) is 0.736. The molecule has 1 aliphatic rings. The monoisotopic (exact) mass is 221 g/mol. The number of ketones is 1. The topological polar surface area (TPSA) is 47.8 Å². The molecular formula is C12H19N3O. The van der Waals surface area contributed by atoms with Crippen LogP contribution in [0.1, 0.15) is 38.9 Å². The molecule has 1 saturated carbocycles. The van der Waals surface area contributed by atoms with Crippen LogP contribution in [0.4, 0.5) is 0 Å². The van der Waals surface area contributed by atoms with Crippen LogP contribution >= 0.6 is 0 Å². The van der Waals surface area contributed by atoms with E-state index in [-0.39, 0.29) is 5.92 Å². The van der Waals surface area contributed by atoms with Gasteiger partial charge in [0.2, 0.25) is 0 Å². The zero-order chi connectivity index (χ0) is 11.5. The number of carbonyl (C=O) groups excluding carboxylic acids is 1. The molecule has 0 radical (unpaired) electrons. The summed E-state index contributed by atoms with van der Waals surface area (Å²) >= 11 is 0. The lowest BCUT2D eigenvalue weighted by Gasteiger charge is -2.09. The van der Waals surface area contributed by atoms with E-state index in [2.05, 4.69) is 17.0 Å². The molecule has 2 rings (SSSR count). The average molecular weight is 221 g/mol. The second kappa shape index (κ2) is 4.76. The lowest BCUT2D eigenvalue weighted by molar-refractivity contribution is -0.122. The molecule has 0 amide bonds. The van der Waals surface area contributed by atoms with E-state index in [0.717, 1.165) is 18.8 Å². The molecular weight excluding hydrogens is 202 g/mol. The van der Waals surface area contributed by atoms with Crippen molar-refractivity contribution in [1.29, 1.82) is 0 Å². The summed E-state index contributed by atoms with van der Waals surface area (Å²) in [7, 11) is 0. The van der Waals surface area contributed by atoms with Gasteiger partial charge in [0.15, 0.2) is 0 Å². The molecule has 4 nitrogen and oxygen atoms in total. The number of rotatable bonds is 6. The van der Waals surface area contributed by atoms with Crippen LogP contribution in [0, 0.1) is 11.8 Å². The first-order chi connectivity index (χ1) is 7.72. The van der Waals surface area contributed by atoms with Crippen molar-refractivity contribution < 1.29 is 4.79 Å². The predicted molar refractivity (Wildman–Crippen MR) is 60.9 cm³/mol. The van der Waals surface area contributed by atoms with E-state index in [9.17, 15) is 4.79 Å². The number of hydrogen-bond donors (Lipinski definition) is 0. The first kappa shape index (κ1) is 11.3. The van der Waals surface area contributed by atoms with Gasteiger partial charge in [0.25, 0.3) is 0 Å². The van der Waals surface area contributed by atoms with E-state index in [1.165, 1.54) is 12.8 Å². The van der Waals surface area contributed by atoms with Crippen molar-refractivity contribution in [1.82, 2.24) is 14.8 Å². The van der Waals surface area contributed by atoms with Crippen molar-refractivity contribution in [2.75, 3.05) is 0 Å². The van der Waals surface area contributed by atoms with Gasteiger partial charge < -0.3 is 0 Å². The molecule has 1 unspecified atom stereocenters. The van der Waals surface area contributed by atoms with E-state index in [4.69, 9.17) is 0 Å². The van der Waals surface area contributed by atoms with Gasteiger partial charge >= 0.3 is 0 Å². The van der Waals surface area contributed by atoms with Crippen LogP contribution in [-0.4, -0.2) is 20.5 Å². The second-order valence-corrected chi connectivity index (χ2v) is 4.67. The smallest absolute Gasteiger partial charge is 0.143 e. The highest BCUT2D eigenvalue weighted by atomic mass is 16.1. The number of carbonyl (C=O) groups is 1. The maximum absolute atomic E-state index is 12.0. The Morgan fingerprint density at radius 3 is 3.00 bits per heavy atom. The van der Waals surface area contributed by atoms with Gasteiger partial charge in [-0.1, -0.05) is 13.8 Å². The van der Waals surface area contributed by atoms with Crippen LogP contribution < -0.4 is 0 Å². The van der Waals surface area contributed by atoms with E-state index >= 15 is 0 Å². The fourth-order valence-electron chi connectivity index (χ4n) is 2.00. The number of aryl methyl sites for hydroxylation is 1. The SMILES string of the molecule is CCCn1ncnc1CC(=O)C(C)C1CC1. The molecule has 16 heavy (non-hydrogen) atoms. The zero-order valence-corrected chi connectivity index (χ0v) is 10.0. The predicted octanol–water partition coefficient (Wildman–Crippen LogP) is 1.85. The highest BCUT2D eigenvalue weighted by Crippen LogP contribution is 2.37. The van der Waals surface area contributed by atoms with Crippen molar-refractivity contribution in [2.24, 2.45) is 11.8 Å². The van der Waals surface area contributed by atoms with Crippen LogP contribution in [0.2, 0.25) is 0 Å². The standard InChI is InChI=1S/C12H19N3O/c1-3-6-15-12(13-8-14-15)7-11(16)9(2)10-4-5-10/h8-10H,3-7H2,1-2H3. The maximum atomic E-state index is 12.0. The van der Waals surface area contributed by atoms with Gasteiger partial charge in [-0.3, -0.25) is 4.79 Å². The molecule has 1 fully saturated rings. The molecule has 0 aliphatic heterocycles. The maximum Gasteiger partial charge on any atom is 0.143 e. The molecule has 4 heteroatoms. The Bertz CT molecular complexity index is 368. The molecule has 1 aromatic rings. The lowest BCUT2D eigenvalue weighted by atomic mass is 9.98. The summed E-state index contributed by atoms with van der Waals surface area (Å²) in [6.07, 6.45) is 5.43. The molecule has 0 N–H and O–H groups in total. The van der Waals surface area contributed by atoms with Gasteiger partial charge in [0.05, 0.1) is 6.42 Å². The van der Waals surface area contributed by atoms with Crippen molar-refractivity contribution in [3.8, 4) is 0 Å². The minimum Gasteiger partial charge on any atom is -0.299 e. The molecule has 1 atom stereocenters. The third kappa shape index (κ3) is 2.49.